The normalized spacial score (nSPS) is 24.1. The smallest absolute Gasteiger partial charge is 0.225 e. The molecule has 0 saturated heterocycles. The van der Waals surface area contributed by atoms with Crippen LogP contribution < -0.4 is 5.73 Å². The van der Waals surface area contributed by atoms with E-state index in [0.29, 0.717) is 11.4 Å². The molecule has 0 aromatic rings. The molecule has 1 aliphatic carbocycles. The van der Waals surface area contributed by atoms with E-state index in [1.165, 1.54) is 32.1 Å². The molecule has 116 valence electrons. The van der Waals surface area contributed by atoms with Gasteiger partial charge in [-0.3, -0.25) is 4.79 Å². The van der Waals surface area contributed by atoms with Crippen molar-refractivity contribution in [3.05, 3.63) is 0 Å². The number of hydrogen-bond acceptors (Lipinski definition) is 2. The van der Waals surface area contributed by atoms with Crippen molar-refractivity contribution in [1.29, 1.82) is 0 Å². The summed E-state index contributed by atoms with van der Waals surface area (Å²) in [6.45, 7) is 4.26. The van der Waals surface area contributed by atoms with Crippen molar-refractivity contribution in [2.24, 2.45) is 17.6 Å². The molecular weight excluding hydrogens is 268 g/mol. The van der Waals surface area contributed by atoms with Gasteiger partial charge in [0.2, 0.25) is 5.91 Å². The maximum atomic E-state index is 12.5. The third-order valence-electron chi connectivity index (χ3n) is 4.67. The van der Waals surface area contributed by atoms with Crippen molar-refractivity contribution >= 4 is 23.1 Å². The zero-order valence-electron chi connectivity index (χ0n) is 13.2. The lowest BCUT2D eigenvalue weighted by molar-refractivity contribution is -0.137. The van der Waals surface area contributed by atoms with Gasteiger partial charge >= 0.3 is 0 Å². The van der Waals surface area contributed by atoms with Gasteiger partial charge in [-0.1, -0.05) is 38.4 Å². The van der Waals surface area contributed by atoms with E-state index in [1.54, 1.807) is 0 Å². The van der Waals surface area contributed by atoms with Gasteiger partial charge in [0.15, 0.2) is 0 Å². The van der Waals surface area contributed by atoms with Crippen LogP contribution in [0.4, 0.5) is 0 Å². The molecule has 2 N–H and O–H groups in total. The molecule has 0 aromatic heterocycles. The molecule has 0 heterocycles. The third kappa shape index (κ3) is 5.39. The van der Waals surface area contributed by atoms with Gasteiger partial charge in [-0.25, -0.2) is 0 Å². The molecule has 1 saturated carbocycles. The van der Waals surface area contributed by atoms with Crippen molar-refractivity contribution in [3.63, 3.8) is 0 Å². The summed E-state index contributed by atoms with van der Waals surface area (Å²) in [4.78, 5) is 14.8. The van der Waals surface area contributed by atoms with Crippen molar-refractivity contribution in [1.82, 2.24) is 4.90 Å². The second kappa shape index (κ2) is 8.60. The van der Waals surface area contributed by atoms with Crippen LogP contribution in [0.15, 0.2) is 0 Å². The molecule has 3 nitrogen and oxygen atoms in total. The van der Waals surface area contributed by atoms with E-state index in [9.17, 15) is 4.79 Å². The van der Waals surface area contributed by atoms with E-state index in [0.717, 1.165) is 18.8 Å². The molecule has 4 heteroatoms. The fourth-order valence-corrected chi connectivity index (χ4v) is 3.37. The summed E-state index contributed by atoms with van der Waals surface area (Å²) in [7, 11) is 1.88. The summed E-state index contributed by atoms with van der Waals surface area (Å²) in [6.07, 6.45) is 9.09. The summed E-state index contributed by atoms with van der Waals surface area (Å²) < 4.78 is 0. The summed E-state index contributed by atoms with van der Waals surface area (Å²) >= 11 is 4.93. The first-order valence-corrected chi connectivity index (χ1v) is 8.41. The molecule has 1 unspecified atom stereocenters. The minimum absolute atomic E-state index is 0.109. The molecular formula is C16H30N2OS. The number of hydrogen-bond donors (Lipinski definition) is 1. The predicted octanol–water partition coefficient (Wildman–Crippen LogP) is 3.51. The van der Waals surface area contributed by atoms with Crippen LogP contribution in [-0.4, -0.2) is 28.9 Å². The Labute approximate surface area is 129 Å². The van der Waals surface area contributed by atoms with Gasteiger partial charge in [0, 0.05) is 25.4 Å². The minimum atomic E-state index is 0.109. The molecule has 1 fully saturated rings. The van der Waals surface area contributed by atoms with Crippen molar-refractivity contribution in [2.45, 2.75) is 71.3 Å². The Balaban J connectivity index is 2.39. The molecule has 0 spiro atoms. The molecule has 1 amide bonds. The van der Waals surface area contributed by atoms with Crippen LogP contribution in [0.5, 0.6) is 0 Å². The first kappa shape index (κ1) is 17.4. The van der Waals surface area contributed by atoms with Gasteiger partial charge in [0.1, 0.15) is 0 Å². The Kier molecular flexibility index (Phi) is 7.49. The highest BCUT2D eigenvalue weighted by atomic mass is 32.1. The SMILES string of the molecule is CCCCC1CCC(C(=O)N(C)C(C)CC(N)=S)CC1. The van der Waals surface area contributed by atoms with Gasteiger partial charge in [-0.05, 0) is 38.5 Å². The minimum Gasteiger partial charge on any atom is -0.393 e. The Bertz CT molecular complexity index is 324. The van der Waals surface area contributed by atoms with Gasteiger partial charge in [-0.2, -0.15) is 0 Å². The van der Waals surface area contributed by atoms with E-state index < -0.39 is 0 Å². The molecule has 1 rings (SSSR count). The lowest BCUT2D eigenvalue weighted by atomic mass is 9.79. The average Bonchev–Trinajstić information content (AvgIpc) is 2.43. The number of nitrogens with two attached hydrogens (primary N) is 1. The van der Waals surface area contributed by atoms with Gasteiger partial charge in [-0.15, -0.1) is 0 Å². The van der Waals surface area contributed by atoms with Crippen molar-refractivity contribution in [3.8, 4) is 0 Å². The molecule has 0 aliphatic heterocycles. The van der Waals surface area contributed by atoms with E-state index in [1.807, 2.05) is 18.9 Å². The monoisotopic (exact) mass is 298 g/mol. The molecule has 20 heavy (non-hydrogen) atoms. The second-order valence-corrected chi connectivity index (χ2v) is 6.85. The van der Waals surface area contributed by atoms with Crippen LogP contribution in [0.2, 0.25) is 0 Å². The number of thiocarbonyl (C=S) groups is 1. The van der Waals surface area contributed by atoms with Crippen LogP contribution in [0.1, 0.15) is 65.2 Å². The Morgan fingerprint density at radius 2 is 1.95 bits per heavy atom. The number of rotatable bonds is 7. The van der Waals surface area contributed by atoms with Crippen LogP contribution >= 0.6 is 12.2 Å². The van der Waals surface area contributed by atoms with E-state index >= 15 is 0 Å². The standard InChI is InChI=1S/C16H30N2OS/c1-4-5-6-13-7-9-14(10-8-13)16(19)18(3)12(2)11-15(17)20/h12-14H,4-11H2,1-3H3,(H2,17,20). The Morgan fingerprint density at radius 3 is 2.45 bits per heavy atom. The van der Waals surface area contributed by atoms with Gasteiger partial charge in [0.05, 0.1) is 4.99 Å². The first-order valence-electron chi connectivity index (χ1n) is 8.00. The number of nitrogens with zero attached hydrogens (tertiary/aromatic N) is 1. The maximum Gasteiger partial charge on any atom is 0.225 e. The summed E-state index contributed by atoms with van der Waals surface area (Å²) in [6, 6.07) is 0.109. The first-order chi connectivity index (χ1) is 9.45. The molecule has 0 bridgehead atoms. The third-order valence-corrected chi connectivity index (χ3v) is 4.83. The molecule has 0 aromatic carbocycles. The number of amides is 1. The van der Waals surface area contributed by atoms with E-state index in [-0.39, 0.29) is 17.9 Å². The topological polar surface area (TPSA) is 46.3 Å². The zero-order valence-corrected chi connectivity index (χ0v) is 14.0. The summed E-state index contributed by atoms with van der Waals surface area (Å²) in [5.74, 6) is 1.34. The number of unbranched alkanes of at least 4 members (excludes halogenated alkanes) is 1. The van der Waals surface area contributed by atoms with Crippen LogP contribution in [0, 0.1) is 11.8 Å². The second-order valence-electron chi connectivity index (χ2n) is 6.33. The van der Waals surface area contributed by atoms with Crippen LogP contribution in [0.3, 0.4) is 0 Å². The molecule has 0 radical (unpaired) electrons. The Hall–Kier alpha value is -0.640. The average molecular weight is 298 g/mol. The van der Waals surface area contributed by atoms with Gasteiger partial charge < -0.3 is 10.6 Å². The highest BCUT2D eigenvalue weighted by molar-refractivity contribution is 7.80. The Morgan fingerprint density at radius 1 is 1.35 bits per heavy atom. The summed E-state index contributed by atoms with van der Waals surface area (Å²) in [5.41, 5.74) is 5.57. The van der Waals surface area contributed by atoms with Crippen molar-refractivity contribution < 1.29 is 4.79 Å². The van der Waals surface area contributed by atoms with Gasteiger partial charge in [0.25, 0.3) is 0 Å². The number of carbonyl (C=O) groups excluding carboxylic acids is 1. The van der Waals surface area contributed by atoms with Crippen LogP contribution in [0.25, 0.3) is 0 Å². The molecule has 1 atom stereocenters. The van der Waals surface area contributed by atoms with E-state index in [4.69, 9.17) is 18.0 Å². The summed E-state index contributed by atoms with van der Waals surface area (Å²) in [5, 5.41) is 0. The fourth-order valence-electron chi connectivity index (χ4n) is 3.12. The van der Waals surface area contributed by atoms with E-state index in [2.05, 4.69) is 6.92 Å². The quantitative estimate of drug-likeness (QED) is 0.732. The predicted molar refractivity (Wildman–Crippen MR) is 88.6 cm³/mol. The highest BCUT2D eigenvalue weighted by Gasteiger charge is 2.29. The largest absolute Gasteiger partial charge is 0.393 e. The fraction of sp³-hybridized carbons (Fsp3) is 0.875. The van der Waals surface area contributed by atoms with Crippen LogP contribution in [-0.2, 0) is 4.79 Å². The highest BCUT2D eigenvalue weighted by Crippen LogP contribution is 2.33. The van der Waals surface area contributed by atoms with Crippen molar-refractivity contribution in [2.75, 3.05) is 7.05 Å². The lowest BCUT2D eigenvalue weighted by Gasteiger charge is -2.33. The number of carbonyl (C=O) groups is 1. The lowest BCUT2D eigenvalue weighted by Crippen LogP contribution is -2.41. The zero-order chi connectivity index (χ0) is 15.1. The maximum absolute atomic E-state index is 12.5. The molecule has 1 aliphatic rings.